The summed E-state index contributed by atoms with van der Waals surface area (Å²) in [5, 5.41) is 11.3. The van der Waals surface area contributed by atoms with Crippen LogP contribution in [0.15, 0.2) is 18.6 Å². The fourth-order valence-electron chi connectivity index (χ4n) is 6.70. The van der Waals surface area contributed by atoms with Gasteiger partial charge in [0, 0.05) is 25.0 Å². The van der Waals surface area contributed by atoms with E-state index < -0.39 is 64.9 Å². The SMILES string of the molecule is CCCCC(CC)[C@H](NC(=O)c1cnccn1)C(=O)N[C@H](C(=O)N1C[C@@H](C)CCC(CC)C[C@H]1C(=O)N[C@@H](C)C(=O)C(=O)NC1CC1)C(C)(C)C. The van der Waals surface area contributed by atoms with Crippen molar-refractivity contribution < 1.29 is 28.8 Å². The van der Waals surface area contributed by atoms with Crippen molar-refractivity contribution in [3.8, 4) is 0 Å². The highest BCUT2D eigenvalue weighted by atomic mass is 16.2. The van der Waals surface area contributed by atoms with E-state index in [0.29, 0.717) is 19.3 Å². The normalized spacial score (nSPS) is 21.9. The molecule has 0 bridgehead atoms. The number of carbonyl (C=O) groups excluding carboxylic acids is 6. The summed E-state index contributed by atoms with van der Waals surface area (Å²) in [5.74, 6) is -3.39. The molecule has 1 aromatic heterocycles. The molecule has 5 amide bonds. The van der Waals surface area contributed by atoms with Crippen LogP contribution in [0.5, 0.6) is 0 Å². The van der Waals surface area contributed by atoms with Crippen LogP contribution in [-0.2, 0) is 24.0 Å². The molecule has 13 heteroatoms. The molecule has 51 heavy (non-hydrogen) atoms. The topological polar surface area (TPSA) is 180 Å². The number of hydrogen-bond acceptors (Lipinski definition) is 8. The lowest BCUT2D eigenvalue weighted by molar-refractivity contribution is -0.148. The van der Waals surface area contributed by atoms with Crippen molar-refractivity contribution in [3.63, 3.8) is 0 Å². The van der Waals surface area contributed by atoms with Crippen molar-refractivity contribution in [2.24, 2.45) is 23.2 Å². The number of aromatic nitrogens is 2. The van der Waals surface area contributed by atoms with Gasteiger partial charge in [0.1, 0.15) is 23.8 Å². The molecule has 1 aliphatic heterocycles. The first-order valence-corrected chi connectivity index (χ1v) is 18.9. The maximum atomic E-state index is 14.8. The summed E-state index contributed by atoms with van der Waals surface area (Å²) >= 11 is 0. The molecule has 7 atom stereocenters. The summed E-state index contributed by atoms with van der Waals surface area (Å²) in [7, 11) is 0. The Bertz CT molecular complexity index is 1360. The van der Waals surface area contributed by atoms with Crippen LogP contribution in [0.2, 0.25) is 0 Å². The van der Waals surface area contributed by atoms with Crippen LogP contribution in [0.25, 0.3) is 0 Å². The van der Waals surface area contributed by atoms with E-state index >= 15 is 0 Å². The summed E-state index contributed by atoms with van der Waals surface area (Å²) in [4.78, 5) is 91.5. The van der Waals surface area contributed by atoms with Crippen molar-refractivity contribution in [3.05, 3.63) is 24.3 Å². The Morgan fingerprint density at radius 3 is 2.24 bits per heavy atom. The second kappa shape index (κ2) is 19.1. The number of amides is 5. The van der Waals surface area contributed by atoms with E-state index in [9.17, 15) is 28.8 Å². The predicted molar refractivity (Wildman–Crippen MR) is 194 cm³/mol. The van der Waals surface area contributed by atoms with E-state index in [0.717, 1.165) is 44.9 Å². The summed E-state index contributed by atoms with van der Waals surface area (Å²) < 4.78 is 0. The highest BCUT2D eigenvalue weighted by molar-refractivity contribution is 6.38. The Hall–Kier alpha value is -3.90. The number of ketones is 1. The first-order valence-electron chi connectivity index (χ1n) is 18.9. The van der Waals surface area contributed by atoms with Crippen molar-refractivity contribution in [1.29, 1.82) is 0 Å². The van der Waals surface area contributed by atoms with Gasteiger partial charge in [-0.1, -0.05) is 80.6 Å². The molecular formula is C38H61N7O6. The Balaban J connectivity index is 1.94. The fraction of sp³-hybridized carbons (Fsp3) is 0.737. The number of likely N-dealkylation sites (tertiary alicyclic amines) is 1. The number of Topliss-reactive ketones (excluding diaryl/α,β-unsaturated/α-hetero) is 1. The molecule has 2 fully saturated rings. The molecule has 284 valence electrons. The summed E-state index contributed by atoms with van der Waals surface area (Å²) in [6.07, 6.45) is 11.9. The Kier molecular flexibility index (Phi) is 15.5. The lowest BCUT2D eigenvalue weighted by Crippen LogP contribution is -2.63. The number of hydrogen-bond donors (Lipinski definition) is 4. The largest absolute Gasteiger partial charge is 0.347 e. The molecule has 1 saturated carbocycles. The lowest BCUT2D eigenvalue weighted by atomic mass is 9.82. The Labute approximate surface area is 303 Å². The van der Waals surface area contributed by atoms with Gasteiger partial charge >= 0.3 is 0 Å². The van der Waals surface area contributed by atoms with Crippen LogP contribution < -0.4 is 21.3 Å². The van der Waals surface area contributed by atoms with E-state index in [1.165, 1.54) is 25.5 Å². The van der Waals surface area contributed by atoms with Crippen molar-refractivity contribution >= 4 is 35.3 Å². The molecule has 0 radical (unpaired) electrons. The van der Waals surface area contributed by atoms with Crippen molar-refractivity contribution in [2.45, 2.75) is 150 Å². The minimum Gasteiger partial charge on any atom is -0.347 e. The molecule has 3 rings (SSSR count). The smallest absolute Gasteiger partial charge is 0.289 e. The number of unbranched alkanes of at least 4 members (excludes halogenated alkanes) is 1. The Morgan fingerprint density at radius 2 is 1.67 bits per heavy atom. The first-order chi connectivity index (χ1) is 24.1. The summed E-state index contributed by atoms with van der Waals surface area (Å²) in [6, 6.07) is -4.00. The standard InChI is InChI=1S/C38H61N7O6/c1-9-12-13-26(11-3)30(43-33(47)28-21-39-18-19-40-28)35(49)44-32(38(6,7)8)37(51)45-22-23(4)14-15-25(10-2)20-29(45)34(48)41-24(5)31(46)36(50)42-27-16-17-27/h18-19,21,23-27,29-30,32H,9-17,20,22H2,1-8H3,(H,41,48)(H,42,50)(H,43,47)(H,44,49)/t23-,24-,25?,26?,29-,30-,32+/m0/s1. The third kappa shape index (κ3) is 12.1. The average molecular weight is 712 g/mol. The molecule has 4 N–H and O–H groups in total. The maximum Gasteiger partial charge on any atom is 0.289 e. The summed E-state index contributed by atoms with van der Waals surface area (Å²) in [6.45, 7) is 15.5. The van der Waals surface area contributed by atoms with Gasteiger partial charge in [-0.3, -0.25) is 33.8 Å². The van der Waals surface area contributed by atoms with Crippen LogP contribution in [-0.4, -0.2) is 86.9 Å². The minimum atomic E-state index is -1.08. The van der Waals surface area contributed by atoms with Crippen LogP contribution in [0, 0.1) is 23.2 Å². The van der Waals surface area contributed by atoms with Crippen molar-refractivity contribution in [2.75, 3.05) is 6.54 Å². The number of carbonyl (C=O) groups is 6. The fourth-order valence-corrected chi connectivity index (χ4v) is 6.70. The molecule has 2 heterocycles. The van der Waals surface area contributed by atoms with Crippen molar-refractivity contribution in [1.82, 2.24) is 36.1 Å². The van der Waals surface area contributed by atoms with Gasteiger partial charge in [0.25, 0.3) is 11.8 Å². The van der Waals surface area contributed by atoms with Crippen LogP contribution in [0.1, 0.15) is 130 Å². The molecule has 0 aromatic carbocycles. The third-order valence-corrected chi connectivity index (χ3v) is 10.2. The van der Waals surface area contributed by atoms with Gasteiger partial charge in [-0.15, -0.1) is 0 Å². The highest BCUT2D eigenvalue weighted by Crippen LogP contribution is 2.31. The highest BCUT2D eigenvalue weighted by Gasteiger charge is 2.44. The first kappa shape index (κ1) is 41.5. The van der Waals surface area contributed by atoms with E-state index in [4.69, 9.17) is 0 Å². The second-order valence-corrected chi connectivity index (χ2v) is 15.7. The molecule has 13 nitrogen and oxygen atoms in total. The van der Waals surface area contributed by atoms with Crippen LogP contribution in [0.3, 0.4) is 0 Å². The van der Waals surface area contributed by atoms with Gasteiger partial charge in [0.05, 0.1) is 12.2 Å². The van der Waals surface area contributed by atoms with Gasteiger partial charge in [0.15, 0.2) is 0 Å². The molecule has 1 aromatic rings. The van der Waals surface area contributed by atoms with Gasteiger partial charge in [0.2, 0.25) is 23.5 Å². The summed E-state index contributed by atoms with van der Waals surface area (Å²) in [5.41, 5.74) is -0.700. The van der Waals surface area contributed by atoms with Gasteiger partial charge in [-0.05, 0) is 62.2 Å². The minimum absolute atomic E-state index is 0.00130. The molecule has 0 spiro atoms. The quantitative estimate of drug-likeness (QED) is 0.187. The van der Waals surface area contributed by atoms with Gasteiger partial charge in [-0.25, -0.2) is 4.98 Å². The van der Waals surface area contributed by atoms with E-state index in [1.54, 1.807) is 4.90 Å². The maximum absolute atomic E-state index is 14.8. The number of nitrogens with zero attached hydrogens (tertiary/aromatic N) is 3. The monoisotopic (exact) mass is 711 g/mol. The predicted octanol–water partition coefficient (Wildman–Crippen LogP) is 3.72. The second-order valence-electron chi connectivity index (χ2n) is 15.7. The average Bonchev–Trinajstić information content (AvgIpc) is 3.91. The van der Waals surface area contributed by atoms with Gasteiger partial charge in [-0.2, -0.15) is 0 Å². The molecule has 2 unspecified atom stereocenters. The van der Waals surface area contributed by atoms with E-state index in [1.807, 2.05) is 34.6 Å². The van der Waals surface area contributed by atoms with Crippen LogP contribution in [0.4, 0.5) is 0 Å². The molecule has 2 aliphatic rings. The zero-order valence-electron chi connectivity index (χ0n) is 31.9. The molecular weight excluding hydrogens is 650 g/mol. The van der Waals surface area contributed by atoms with E-state index in [2.05, 4.69) is 45.1 Å². The molecule has 1 saturated heterocycles. The van der Waals surface area contributed by atoms with Crippen LogP contribution >= 0.6 is 0 Å². The number of rotatable bonds is 16. The zero-order chi connectivity index (χ0) is 37.9. The lowest BCUT2D eigenvalue weighted by Gasteiger charge is -2.42. The molecule has 1 aliphatic carbocycles. The van der Waals surface area contributed by atoms with Gasteiger partial charge < -0.3 is 26.2 Å². The zero-order valence-corrected chi connectivity index (χ0v) is 31.9. The van der Waals surface area contributed by atoms with E-state index in [-0.39, 0.29) is 36.0 Å². The Morgan fingerprint density at radius 1 is 0.961 bits per heavy atom. The third-order valence-electron chi connectivity index (χ3n) is 10.2. The number of nitrogens with one attached hydrogen (secondary N) is 4.